The van der Waals surface area contributed by atoms with Crippen molar-refractivity contribution in [3.05, 3.63) is 0 Å². The number of hydrogen-bond donors (Lipinski definition) is 3. The van der Waals surface area contributed by atoms with Gasteiger partial charge in [-0.3, -0.25) is 0 Å². The van der Waals surface area contributed by atoms with Gasteiger partial charge in [0, 0.05) is 0 Å². The Balaban J connectivity index is -0.000000107. The number of rotatable bonds is 0. The van der Waals surface area contributed by atoms with Crippen LogP contribution in [0.2, 0.25) is 0 Å². The molecule has 64 valence electrons. The van der Waals surface area contributed by atoms with Crippen molar-refractivity contribution in [3.63, 3.8) is 0 Å². The average molecular weight is 258 g/mol. The molecule has 0 bridgehead atoms. The summed E-state index contributed by atoms with van der Waals surface area (Å²) in [6, 6.07) is 0. The molecule has 0 aromatic rings. The molecule has 0 radical (unpaired) electrons. The van der Waals surface area contributed by atoms with Gasteiger partial charge in [-0.2, -0.15) is 0 Å². The first-order valence-electron chi connectivity index (χ1n) is 1.38. The Hall–Kier alpha value is 1.10. The van der Waals surface area contributed by atoms with E-state index in [4.69, 9.17) is 31.8 Å². The van der Waals surface area contributed by atoms with Gasteiger partial charge in [0.1, 0.15) is 0 Å². The van der Waals surface area contributed by atoms with Crippen LogP contribution >= 0.6 is 0 Å². The van der Waals surface area contributed by atoms with E-state index in [0.29, 0.717) is 0 Å². The summed E-state index contributed by atoms with van der Waals surface area (Å²) in [5, 5.41) is 0. The quantitative estimate of drug-likeness (QED) is 0.363. The zero-order valence-corrected chi connectivity index (χ0v) is 9.75. The van der Waals surface area contributed by atoms with Gasteiger partial charge in [0.25, 0.3) is 0 Å². The Kier molecular flexibility index (Phi) is 10.8. The molecule has 0 spiro atoms. The Labute approximate surface area is 87.9 Å². The fourth-order valence-corrected chi connectivity index (χ4v) is 0. The first kappa shape index (κ1) is 18.0. The van der Waals surface area contributed by atoms with Crippen LogP contribution < -0.4 is 33.7 Å². The molecule has 0 atom stereocenters. The van der Waals surface area contributed by atoms with Crippen molar-refractivity contribution >= 4 is 0 Å². The molecule has 11 heteroatoms. The molecule has 0 aliphatic rings. The van der Waals surface area contributed by atoms with Gasteiger partial charge in [0.15, 0.2) is 0 Å². The van der Waals surface area contributed by atoms with Gasteiger partial charge in [0.2, 0.25) is 0 Å². The molecule has 0 aromatic carbocycles. The second-order valence-corrected chi connectivity index (χ2v) is 3.61. The Morgan fingerprint density at radius 3 is 0.909 bits per heavy atom. The zero-order chi connectivity index (χ0) is 9.00. The maximum atomic E-state index is 8.82. The summed E-state index contributed by atoms with van der Waals surface area (Å²) in [5.74, 6) is 0. The third-order valence-electron chi connectivity index (χ3n) is 0. The SMILES string of the molecule is [Na+].[O]=[Cr](=[O])([O-])[OH].[O]=[Cr](=[O])([OH])[OH]. The van der Waals surface area contributed by atoms with Crippen molar-refractivity contribution in [2.24, 2.45) is 0 Å². The zero-order valence-electron chi connectivity index (χ0n) is 5.20. The summed E-state index contributed by atoms with van der Waals surface area (Å²) >= 11 is -10.8. The first-order valence-corrected chi connectivity index (χ1v) is 5.69. The Bertz CT molecular complexity index is 208. The van der Waals surface area contributed by atoms with Crippen molar-refractivity contribution in [2.45, 2.75) is 0 Å². The van der Waals surface area contributed by atoms with E-state index in [1.165, 1.54) is 0 Å². The Morgan fingerprint density at radius 1 is 0.909 bits per heavy atom. The fraction of sp³-hybridized carbons (Fsp3) is 0. The van der Waals surface area contributed by atoms with E-state index in [1.807, 2.05) is 0 Å². The summed E-state index contributed by atoms with van der Waals surface area (Å²) in [7, 11) is 0. The van der Waals surface area contributed by atoms with E-state index in [2.05, 4.69) is 0 Å². The van der Waals surface area contributed by atoms with Crippen LogP contribution in [0.15, 0.2) is 0 Å². The molecular formula is H3Cr2NaO8. The molecular weight excluding hydrogens is 255 g/mol. The van der Waals surface area contributed by atoms with Crippen LogP contribution in [0.3, 0.4) is 0 Å². The summed E-state index contributed by atoms with van der Waals surface area (Å²) in [6.07, 6.45) is 0. The van der Waals surface area contributed by atoms with E-state index in [-0.39, 0.29) is 29.6 Å². The normalized spacial score (nSPS) is 10.5. The van der Waals surface area contributed by atoms with Crippen molar-refractivity contribution in [2.75, 3.05) is 0 Å². The molecule has 0 aliphatic carbocycles. The van der Waals surface area contributed by atoms with Crippen LogP contribution in [0.1, 0.15) is 0 Å². The molecule has 11 heavy (non-hydrogen) atoms. The van der Waals surface area contributed by atoms with Crippen molar-refractivity contribution in [1.82, 2.24) is 0 Å². The standard InChI is InChI=1S/2Cr.Na.3H2O.5O/h;;;3*1H2;;;;;/q+1;+2;+1;;;;;;;;-1/p-3. The van der Waals surface area contributed by atoms with Crippen LogP contribution in [-0.2, 0) is 42.4 Å². The van der Waals surface area contributed by atoms with Crippen LogP contribution in [0.5, 0.6) is 0 Å². The van der Waals surface area contributed by atoms with E-state index in [1.54, 1.807) is 0 Å². The maximum absolute atomic E-state index is 8.82. The molecule has 0 rings (SSSR count). The van der Waals surface area contributed by atoms with E-state index in [9.17, 15) is 0 Å². The van der Waals surface area contributed by atoms with Gasteiger partial charge < -0.3 is 0 Å². The van der Waals surface area contributed by atoms with Crippen LogP contribution in [0.4, 0.5) is 0 Å². The van der Waals surface area contributed by atoms with Gasteiger partial charge in [-0.05, 0) is 0 Å². The molecule has 0 saturated heterocycles. The van der Waals surface area contributed by atoms with Crippen LogP contribution in [0.25, 0.3) is 0 Å². The van der Waals surface area contributed by atoms with Crippen molar-refractivity contribution in [3.8, 4) is 0 Å². The van der Waals surface area contributed by atoms with Crippen LogP contribution in [-0.4, -0.2) is 12.5 Å². The average Bonchev–Trinajstić information content (AvgIpc) is 1.12. The molecule has 0 fully saturated rings. The summed E-state index contributed by atoms with van der Waals surface area (Å²) < 4.78 is 65.0. The van der Waals surface area contributed by atoms with E-state index >= 15 is 0 Å². The monoisotopic (exact) mass is 258 g/mol. The number of hydrogen-bond acceptors (Lipinski definition) is 5. The predicted octanol–water partition coefficient (Wildman–Crippen LogP) is -6.34. The molecule has 0 aliphatic heterocycles. The third kappa shape index (κ3) is 754. The first-order chi connectivity index (χ1) is 4.00. The topological polar surface area (TPSA) is 152 Å². The van der Waals surface area contributed by atoms with Crippen LogP contribution in [0, 0.1) is 0 Å². The van der Waals surface area contributed by atoms with Crippen molar-refractivity contribution in [1.29, 1.82) is 0 Å². The minimum absolute atomic E-state index is 0. The Morgan fingerprint density at radius 2 is 0.909 bits per heavy atom. The molecule has 0 heterocycles. The van der Waals surface area contributed by atoms with E-state index < -0.39 is 27.2 Å². The second kappa shape index (κ2) is 6.60. The van der Waals surface area contributed by atoms with Gasteiger partial charge in [0.05, 0.1) is 0 Å². The third-order valence-corrected chi connectivity index (χ3v) is 0. The fourth-order valence-electron chi connectivity index (χ4n) is 0. The predicted molar refractivity (Wildman–Crippen MR) is 9.40 cm³/mol. The van der Waals surface area contributed by atoms with Gasteiger partial charge in [-0.1, -0.05) is 0 Å². The van der Waals surface area contributed by atoms with Gasteiger partial charge in [-0.15, -0.1) is 0 Å². The minimum atomic E-state index is -5.50. The molecule has 0 aromatic heterocycles. The molecule has 0 unspecified atom stereocenters. The van der Waals surface area contributed by atoms with E-state index in [0.717, 1.165) is 0 Å². The molecule has 0 saturated carbocycles. The molecule has 0 amide bonds. The van der Waals surface area contributed by atoms with Gasteiger partial charge >= 0.3 is 88.6 Å². The second-order valence-electron chi connectivity index (χ2n) is 0.876. The summed E-state index contributed by atoms with van der Waals surface area (Å²) in [6.45, 7) is 0. The summed E-state index contributed by atoms with van der Waals surface area (Å²) in [4.78, 5) is 0. The molecule has 3 N–H and O–H groups in total. The molecule has 8 nitrogen and oxygen atoms in total. The summed E-state index contributed by atoms with van der Waals surface area (Å²) in [5.41, 5.74) is 0. The van der Waals surface area contributed by atoms with Gasteiger partial charge in [-0.25, -0.2) is 0 Å². The van der Waals surface area contributed by atoms with Crippen molar-refractivity contribution < 1.29 is 88.6 Å².